The number of thioether (sulfide) groups is 1. The van der Waals surface area contributed by atoms with Crippen LogP contribution in [-0.2, 0) is 14.8 Å². The topological polar surface area (TPSA) is 104 Å². The minimum atomic E-state index is -3.51. The molecule has 102 valence electrons. The fourth-order valence-corrected chi connectivity index (χ4v) is 3.04. The molecule has 3 N–H and O–H groups in total. The van der Waals surface area contributed by atoms with E-state index in [1.165, 1.54) is 11.8 Å². The van der Waals surface area contributed by atoms with E-state index < -0.39 is 21.6 Å². The molecule has 0 heterocycles. The number of hydrogen-bond acceptors (Lipinski definition) is 5. The molecule has 0 amide bonds. The van der Waals surface area contributed by atoms with Crippen LogP contribution in [0.1, 0.15) is 19.8 Å². The molecule has 0 aromatic carbocycles. The summed E-state index contributed by atoms with van der Waals surface area (Å²) in [5.41, 5.74) is -1.10. The Hall–Kier alpha value is -0.310. The smallest absolute Gasteiger partial charge is 0.303 e. The van der Waals surface area contributed by atoms with Crippen molar-refractivity contribution in [3.8, 4) is 0 Å². The van der Waals surface area contributed by atoms with Crippen molar-refractivity contribution < 1.29 is 23.4 Å². The number of carboxylic acid groups (broad SMARTS) is 1. The molecule has 0 rings (SSSR count). The first kappa shape index (κ1) is 16.7. The molecule has 17 heavy (non-hydrogen) atoms. The minimum Gasteiger partial charge on any atom is -0.481 e. The SMILES string of the molecule is CSCC(C)(O)CNS(=O)(=O)CCCC(=O)O. The quantitative estimate of drug-likeness (QED) is 0.546. The summed E-state index contributed by atoms with van der Waals surface area (Å²) in [6.45, 7) is 1.48. The summed E-state index contributed by atoms with van der Waals surface area (Å²) in [6.07, 6.45) is 1.70. The average Bonchev–Trinajstić information content (AvgIpc) is 2.14. The molecule has 0 radical (unpaired) electrons. The van der Waals surface area contributed by atoms with Crippen molar-refractivity contribution in [1.29, 1.82) is 0 Å². The highest BCUT2D eigenvalue weighted by Crippen LogP contribution is 2.09. The molecule has 0 saturated heterocycles. The van der Waals surface area contributed by atoms with Gasteiger partial charge in [-0.25, -0.2) is 13.1 Å². The number of aliphatic hydroxyl groups is 1. The Bertz CT molecular complexity index is 339. The predicted molar refractivity (Wildman–Crippen MR) is 67.7 cm³/mol. The summed E-state index contributed by atoms with van der Waals surface area (Å²) in [4.78, 5) is 10.2. The van der Waals surface area contributed by atoms with Gasteiger partial charge >= 0.3 is 5.97 Å². The monoisotopic (exact) mass is 285 g/mol. The summed E-state index contributed by atoms with van der Waals surface area (Å²) < 4.78 is 25.2. The first-order valence-electron chi connectivity index (χ1n) is 5.09. The molecule has 0 bridgehead atoms. The molecular formula is C9H19NO5S2. The Kier molecular flexibility index (Phi) is 7.07. The van der Waals surface area contributed by atoms with Crippen LogP contribution >= 0.6 is 11.8 Å². The van der Waals surface area contributed by atoms with Gasteiger partial charge in [-0.3, -0.25) is 4.79 Å². The standard InChI is InChI=1S/C9H19NO5S2/c1-9(13,7-16-2)6-10-17(14,15)5-3-4-8(11)12/h10,13H,3-7H2,1-2H3,(H,11,12). The van der Waals surface area contributed by atoms with Crippen LogP contribution in [-0.4, -0.2) is 54.5 Å². The van der Waals surface area contributed by atoms with Gasteiger partial charge in [0.1, 0.15) is 0 Å². The average molecular weight is 285 g/mol. The second-order valence-electron chi connectivity index (χ2n) is 4.07. The van der Waals surface area contributed by atoms with E-state index >= 15 is 0 Å². The van der Waals surface area contributed by atoms with Gasteiger partial charge in [-0.05, 0) is 19.6 Å². The summed E-state index contributed by atoms with van der Waals surface area (Å²) in [5, 5.41) is 18.1. The third kappa shape index (κ3) is 9.40. The van der Waals surface area contributed by atoms with Gasteiger partial charge in [0.25, 0.3) is 0 Å². The normalized spacial score (nSPS) is 15.5. The lowest BCUT2D eigenvalue weighted by atomic mass is 10.1. The van der Waals surface area contributed by atoms with Crippen molar-refractivity contribution >= 4 is 27.8 Å². The minimum absolute atomic E-state index is 0.0648. The van der Waals surface area contributed by atoms with Crippen molar-refractivity contribution in [2.45, 2.75) is 25.4 Å². The summed E-state index contributed by atoms with van der Waals surface area (Å²) in [6, 6.07) is 0. The second kappa shape index (κ2) is 7.20. The van der Waals surface area contributed by atoms with E-state index in [1.54, 1.807) is 6.92 Å². The Labute approximate surface area is 106 Å². The molecule has 0 aliphatic carbocycles. The number of aliphatic carboxylic acids is 1. The molecule has 0 spiro atoms. The Morgan fingerprint density at radius 3 is 2.53 bits per heavy atom. The van der Waals surface area contributed by atoms with Crippen molar-refractivity contribution in [1.82, 2.24) is 4.72 Å². The lowest BCUT2D eigenvalue weighted by molar-refractivity contribution is -0.137. The molecule has 0 aromatic rings. The van der Waals surface area contributed by atoms with Crippen LogP contribution < -0.4 is 4.72 Å². The van der Waals surface area contributed by atoms with E-state index in [0.29, 0.717) is 5.75 Å². The van der Waals surface area contributed by atoms with Gasteiger partial charge in [0.2, 0.25) is 10.0 Å². The van der Waals surface area contributed by atoms with Gasteiger partial charge in [-0.2, -0.15) is 11.8 Å². The van der Waals surface area contributed by atoms with Gasteiger partial charge in [0.05, 0.1) is 11.4 Å². The highest BCUT2D eigenvalue weighted by Gasteiger charge is 2.22. The molecule has 0 saturated carbocycles. The Morgan fingerprint density at radius 2 is 2.06 bits per heavy atom. The molecule has 6 nitrogen and oxygen atoms in total. The van der Waals surface area contributed by atoms with E-state index in [2.05, 4.69) is 4.72 Å². The molecule has 8 heteroatoms. The zero-order valence-electron chi connectivity index (χ0n) is 9.97. The van der Waals surface area contributed by atoms with Crippen molar-refractivity contribution in [3.63, 3.8) is 0 Å². The molecule has 0 aliphatic heterocycles. The second-order valence-corrected chi connectivity index (χ2v) is 6.86. The van der Waals surface area contributed by atoms with E-state index in [0.717, 1.165) is 0 Å². The molecule has 0 aromatic heterocycles. The Balaban J connectivity index is 4.05. The van der Waals surface area contributed by atoms with E-state index in [-0.39, 0.29) is 25.1 Å². The number of rotatable bonds is 9. The number of nitrogens with one attached hydrogen (secondary N) is 1. The van der Waals surface area contributed by atoms with Gasteiger partial charge in [0, 0.05) is 18.7 Å². The lowest BCUT2D eigenvalue weighted by Gasteiger charge is -2.22. The number of carbonyl (C=O) groups is 1. The zero-order chi connectivity index (χ0) is 13.5. The van der Waals surface area contributed by atoms with Crippen molar-refractivity contribution in [3.05, 3.63) is 0 Å². The van der Waals surface area contributed by atoms with E-state index in [4.69, 9.17) is 5.11 Å². The van der Waals surface area contributed by atoms with Crippen LogP contribution in [0.15, 0.2) is 0 Å². The van der Waals surface area contributed by atoms with Crippen molar-refractivity contribution in [2.24, 2.45) is 0 Å². The third-order valence-corrected chi connectivity index (χ3v) is 4.25. The van der Waals surface area contributed by atoms with Gasteiger partial charge < -0.3 is 10.2 Å². The van der Waals surface area contributed by atoms with Gasteiger partial charge in [0.15, 0.2) is 0 Å². The predicted octanol–water partition coefficient (Wildman–Crippen LogP) is -0.115. The molecule has 0 aliphatic rings. The van der Waals surface area contributed by atoms with Crippen LogP contribution in [0.2, 0.25) is 0 Å². The Morgan fingerprint density at radius 1 is 1.47 bits per heavy atom. The molecular weight excluding hydrogens is 266 g/mol. The van der Waals surface area contributed by atoms with Gasteiger partial charge in [-0.15, -0.1) is 0 Å². The molecule has 1 unspecified atom stereocenters. The summed E-state index contributed by atoms with van der Waals surface area (Å²) in [7, 11) is -3.51. The first-order valence-corrected chi connectivity index (χ1v) is 8.13. The first-order chi connectivity index (χ1) is 7.68. The maximum absolute atomic E-state index is 11.4. The fourth-order valence-electron chi connectivity index (χ4n) is 1.11. The van der Waals surface area contributed by atoms with Crippen LogP contribution in [0.5, 0.6) is 0 Å². The van der Waals surface area contributed by atoms with Crippen LogP contribution in [0, 0.1) is 0 Å². The zero-order valence-corrected chi connectivity index (χ0v) is 11.6. The van der Waals surface area contributed by atoms with Crippen LogP contribution in [0.3, 0.4) is 0 Å². The largest absolute Gasteiger partial charge is 0.481 e. The van der Waals surface area contributed by atoms with E-state index in [1.807, 2.05) is 6.26 Å². The lowest BCUT2D eigenvalue weighted by Crippen LogP contribution is -2.43. The van der Waals surface area contributed by atoms with Crippen LogP contribution in [0.25, 0.3) is 0 Å². The summed E-state index contributed by atoms with van der Waals surface area (Å²) >= 11 is 1.42. The summed E-state index contributed by atoms with van der Waals surface area (Å²) in [5.74, 6) is -0.839. The highest BCUT2D eigenvalue weighted by molar-refractivity contribution is 7.98. The van der Waals surface area contributed by atoms with Gasteiger partial charge in [-0.1, -0.05) is 0 Å². The van der Waals surface area contributed by atoms with Crippen molar-refractivity contribution in [2.75, 3.05) is 24.3 Å². The van der Waals surface area contributed by atoms with E-state index in [9.17, 15) is 18.3 Å². The number of hydrogen-bond donors (Lipinski definition) is 3. The number of sulfonamides is 1. The maximum Gasteiger partial charge on any atom is 0.303 e. The highest BCUT2D eigenvalue weighted by atomic mass is 32.2. The van der Waals surface area contributed by atoms with Crippen LogP contribution in [0.4, 0.5) is 0 Å². The fraction of sp³-hybridized carbons (Fsp3) is 0.889. The third-order valence-electron chi connectivity index (χ3n) is 1.93. The maximum atomic E-state index is 11.4. The molecule has 0 fully saturated rings. The molecule has 1 atom stereocenters. The number of carboxylic acids is 1.